The summed E-state index contributed by atoms with van der Waals surface area (Å²) in [6, 6.07) is 29.8. The van der Waals surface area contributed by atoms with Gasteiger partial charge >= 0.3 is 0 Å². The van der Waals surface area contributed by atoms with Crippen LogP contribution in [0, 0.1) is 0 Å². The fourth-order valence-electron chi connectivity index (χ4n) is 6.69. The maximum atomic E-state index is 2.66. The minimum absolute atomic E-state index is 0.415. The number of benzene rings is 3. The van der Waals surface area contributed by atoms with E-state index in [2.05, 4.69) is 159 Å². The van der Waals surface area contributed by atoms with Gasteiger partial charge in [0.25, 0.3) is 0 Å². The van der Waals surface area contributed by atoms with Crippen molar-refractivity contribution in [2.75, 3.05) is 0 Å². The van der Waals surface area contributed by atoms with E-state index < -0.39 is 32.3 Å². The molecule has 0 atom stereocenters. The Labute approximate surface area is 249 Å². The molecule has 0 bridgehead atoms. The van der Waals surface area contributed by atoms with Crippen molar-refractivity contribution in [2.45, 2.75) is 92.2 Å². The zero-order valence-corrected chi connectivity index (χ0v) is 31.5. The van der Waals surface area contributed by atoms with E-state index in [0.717, 1.165) is 0 Å². The molecule has 0 spiro atoms. The Hall–Kier alpha value is -1.99. The molecule has 1 aliphatic rings. The Morgan fingerprint density at radius 3 is 0.900 bits per heavy atom. The van der Waals surface area contributed by atoms with Gasteiger partial charge in [-0.3, -0.25) is 0 Å². The topological polar surface area (TPSA) is 0 Å². The van der Waals surface area contributed by atoms with Gasteiger partial charge in [0, 0.05) is 5.54 Å². The first-order valence-corrected chi connectivity index (χ1v) is 27.7. The molecule has 1 aliphatic carbocycles. The molecule has 4 heteroatoms. The summed E-state index contributed by atoms with van der Waals surface area (Å²) in [6.07, 6.45) is 0. The molecule has 4 rings (SSSR count). The van der Waals surface area contributed by atoms with Crippen LogP contribution in [0.4, 0.5) is 0 Å². The van der Waals surface area contributed by atoms with Gasteiger partial charge in [-0.25, -0.2) is 0 Å². The second kappa shape index (κ2) is 10.7. The molecular weight excluding hydrogens is 545 g/mol. The molecule has 3 aromatic rings. The third-order valence-corrected chi connectivity index (χ3v) is 21.1. The zero-order chi connectivity index (χ0) is 29.8. The molecule has 0 N–H and O–H groups in total. The number of hydrogen-bond donors (Lipinski definition) is 0. The van der Waals surface area contributed by atoms with Gasteiger partial charge in [0.15, 0.2) is 8.07 Å². The molecule has 0 nitrogen and oxygen atoms in total. The fourth-order valence-corrected chi connectivity index (χ4v) is 16.6. The predicted octanol–water partition coefficient (Wildman–Crippen LogP) is 6.85. The van der Waals surface area contributed by atoms with Crippen LogP contribution in [0.5, 0.6) is 0 Å². The second-order valence-corrected chi connectivity index (χ2v) is 34.5. The molecule has 3 aromatic carbocycles. The average Bonchev–Trinajstić information content (AvgIpc) is 3.07. The van der Waals surface area contributed by atoms with Crippen molar-refractivity contribution in [3.8, 4) is 0 Å². The summed E-state index contributed by atoms with van der Waals surface area (Å²) in [5, 5.41) is 9.45. The molecule has 0 radical (unpaired) electrons. The Bertz CT molecular complexity index is 1320. The van der Waals surface area contributed by atoms with Crippen molar-refractivity contribution < 1.29 is 0 Å². The van der Waals surface area contributed by atoms with Crippen molar-refractivity contribution in [3.63, 3.8) is 0 Å². The lowest BCUT2D eigenvalue weighted by Gasteiger charge is -2.42. The van der Waals surface area contributed by atoms with Gasteiger partial charge in [0.1, 0.15) is 0 Å². The highest BCUT2D eigenvalue weighted by Crippen LogP contribution is 2.46. The van der Waals surface area contributed by atoms with Crippen LogP contribution in [-0.2, 0) is 0 Å². The predicted molar refractivity (Wildman–Crippen MR) is 193 cm³/mol. The van der Waals surface area contributed by atoms with E-state index in [1.54, 1.807) is 42.3 Å². The van der Waals surface area contributed by atoms with E-state index in [1.807, 2.05) is 0 Å². The summed E-state index contributed by atoms with van der Waals surface area (Å²) >= 11 is 0. The number of allylic oxidation sites excluding steroid dienone is 4. The van der Waals surface area contributed by atoms with E-state index in [9.17, 15) is 0 Å². The summed E-state index contributed by atoms with van der Waals surface area (Å²) in [5.74, 6) is 0. The van der Waals surface area contributed by atoms with E-state index in [0.29, 0.717) is 5.54 Å². The molecular formula is C36H52Si4. The van der Waals surface area contributed by atoms with Crippen LogP contribution >= 0.6 is 0 Å². The molecule has 0 unspecified atom stereocenters. The average molecular weight is 597 g/mol. The first-order valence-electron chi connectivity index (χ1n) is 15.1. The molecule has 0 heterocycles. The van der Waals surface area contributed by atoms with E-state index in [-0.39, 0.29) is 0 Å². The van der Waals surface area contributed by atoms with Crippen LogP contribution in [0.1, 0.15) is 27.7 Å². The van der Waals surface area contributed by atoms with E-state index in [4.69, 9.17) is 0 Å². The Balaban J connectivity index is 2.26. The molecule has 212 valence electrons. The minimum Gasteiger partial charge on any atom is -0.0656 e. The van der Waals surface area contributed by atoms with Crippen LogP contribution in [-0.4, -0.2) is 32.3 Å². The van der Waals surface area contributed by atoms with Crippen LogP contribution < -0.4 is 31.1 Å². The minimum atomic E-state index is -2.58. The lowest BCUT2D eigenvalue weighted by molar-refractivity contribution is 1.09. The highest BCUT2D eigenvalue weighted by molar-refractivity contribution is 7.13. The van der Waals surface area contributed by atoms with Crippen molar-refractivity contribution >= 4 is 63.4 Å². The summed E-state index contributed by atoms with van der Waals surface area (Å²) in [6.45, 7) is 32.0. The van der Waals surface area contributed by atoms with Gasteiger partial charge < -0.3 is 0 Å². The molecule has 0 saturated carbocycles. The zero-order valence-electron chi connectivity index (χ0n) is 27.5. The standard InChI is InChI=1S/C36H52Si4/c1-26-27(2)29(4)36(28(26)3)40(33-20-14-17-30(23-33)37(5,6)7,34-21-15-18-31(24-34)38(8,9)10)35-22-16-19-32(25-35)39(11,12)13/h14-25,36H,1-13H3. The van der Waals surface area contributed by atoms with Crippen molar-refractivity contribution in [2.24, 2.45) is 0 Å². The van der Waals surface area contributed by atoms with Gasteiger partial charge in [0.2, 0.25) is 0 Å². The van der Waals surface area contributed by atoms with Crippen LogP contribution in [0.15, 0.2) is 95.1 Å². The normalized spacial score (nSPS) is 15.8. The number of rotatable bonds is 7. The first-order chi connectivity index (χ1) is 18.4. The lowest BCUT2D eigenvalue weighted by Crippen LogP contribution is -2.71. The van der Waals surface area contributed by atoms with Gasteiger partial charge in [0.05, 0.1) is 24.2 Å². The van der Waals surface area contributed by atoms with Gasteiger partial charge in [-0.1, -0.05) is 158 Å². The van der Waals surface area contributed by atoms with Crippen molar-refractivity contribution in [1.82, 2.24) is 0 Å². The third kappa shape index (κ3) is 5.45. The quantitative estimate of drug-likeness (QED) is 0.207. The molecule has 0 aliphatic heterocycles. The number of hydrogen-bond acceptors (Lipinski definition) is 0. The van der Waals surface area contributed by atoms with Crippen LogP contribution in [0.3, 0.4) is 0 Å². The molecule has 0 saturated heterocycles. The Morgan fingerprint density at radius 2 is 0.650 bits per heavy atom. The third-order valence-electron chi connectivity index (χ3n) is 9.60. The second-order valence-electron chi connectivity index (χ2n) is 15.3. The highest BCUT2D eigenvalue weighted by atomic mass is 28.3. The maximum absolute atomic E-state index is 2.66. The molecule has 0 amide bonds. The molecule has 40 heavy (non-hydrogen) atoms. The van der Waals surface area contributed by atoms with Crippen LogP contribution in [0.25, 0.3) is 0 Å². The van der Waals surface area contributed by atoms with E-state index >= 15 is 0 Å². The summed E-state index contributed by atoms with van der Waals surface area (Å²) in [7, 11) is -7.13. The van der Waals surface area contributed by atoms with E-state index in [1.165, 1.54) is 11.1 Å². The highest BCUT2D eigenvalue weighted by Gasteiger charge is 2.51. The summed E-state index contributed by atoms with van der Waals surface area (Å²) < 4.78 is 0. The largest absolute Gasteiger partial charge is 0.159 e. The Kier molecular flexibility index (Phi) is 8.27. The molecule has 0 aromatic heterocycles. The summed E-state index contributed by atoms with van der Waals surface area (Å²) in [4.78, 5) is 0. The SMILES string of the molecule is CC1=C(C)C([Si](c2cccc([Si](C)(C)C)c2)(c2cccc([Si](C)(C)C)c2)c2cccc([Si](C)(C)C)c2)C(C)=C1C. The van der Waals surface area contributed by atoms with Gasteiger partial charge in [-0.2, -0.15) is 0 Å². The fraction of sp³-hybridized carbons (Fsp3) is 0.389. The van der Waals surface area contributed by atoms with Crippen molar-refractivity contribution in [1.29, 1.82) is 0 Å². The monoisotopic (exact) mass is 596 g/mol. The molecule has 0 fully saturated rings. The summed E-state index contributed by atoms with van der Waals surface area (Å²) in [5.41, 5.74) is 6.58. The first kappa shape index (κ1) is 31.0. The lowest BCUT2D eigenvalue weighted by atomic mass is 10.1. The smallest absolute Gasteiger partial charge is 0.0656 e. The van der Waals surface area contributed by atoms with Gasteiger partial charge in [-0.05, 0) is 54.4 Å². The Morgan fingerprint density at radius 1 is 0.400 bits per heavy atom. The van der Waals surface area contributed by atoms with Gasteiger partial charge in [-0.15, -0.1) is 0 Å². The van der Waals surface area contributed by atoms with Crippen molar-refractivity contribution in [3.05, 3.63) is 95.1 Å². The van der Waals surface area contributed by atoms with Crippen LogP contribution in [0.2, 0.25) is 64.5 Å². The maximum Gasteiger partial charge on any atom is 0.159 e.